The highest BCUT2D eigenvalue weighted by Gasteiger charge is 2.35. The summed E-state index contributed by atoms with van der Waals surface area (Å²) < 4.78 is 4.99. The lowest BCUT2D eigenvalue weighted by atomic mass is 10.1. The Bertz CT molecular complexity index is 241. The molecule has 14 heavy (non-hydrogen) atoms. The van der Waals surface area contributed by atoms with Crippen LogP contribution in [0.1, 0.15) is 20.3 Å². The summed E-state index contributed by atoms with van der Waals surface area (Å²) in [7, 11) is 0. The van der Waals surface area contributed by atoms with E-state index < -0.39 is 18.0 Å². The number of hydrogen-bond donors (Lipinski definition) is 1. The third kappa shape index (κ3) is 2.45. The monoisotopic (exact) mass is 201 g/mol. The van der Waals surface area contributed by atoms with Gasteiger partial charge in [-0.25, -0.2) is 0 Å². The van der Waals surface area contributed by atoms with Crippen molar-refractivity contribution in [1.82, 2.24) is 4.90 Å². The van der Waals surface area contributed by atoms with Crippen molar-refractivity contribution in [2.24, 2.45) is 0 Å². The minimum absolute atomic E-state index is 0.146. The fraction of sp³-hybridized carbons (Fsp3) is 0.778. The molecule has 1 aliphatic rings. The van der Waals surface area contributed by atoms with Crippen LogP contribution >= 0.6 is 0 Å². The molecule has 80 valence electrons. The van der Waals surface area contributed by atoms with Gasteiger partial charge in [-0.3, -0.25) is 14.5 Å². The van der Waals surface area contributed by atoms with E-state index >= 15 is 0 Å². The molecule has 1 aliphatic heterocycles. The average molecular weight is 201 g/mol. The van der Waals surface area contributed by atoms with Crippen molar-refractivity contribution in [2.75, 3.05) is 13.1 Å². The first kappa shape index (κ1) is 11.0. The Hall–Kier alpha value is -1.10. The van der Waals surface area contributed by atoms with Gasteiger partial charge in [0.05, 0.1) is 6.42 Å². The fourth-order valence-electron chi connectivity index (χ4n) is 1.65. The average Bonchev–Trinajstić information content (AvgIpc) is 2.08. The molecule has 0 radical (unpaired) electrons. The number of carbonyl (C=O) groups excluding carboxylic acids is 1. The van der Waals surface area contributed by atoms with Gasteiger partial charge in [0, 0.05) is 6.54 Å². The highest BCUT2D eigenvalue weighted by molar-refractivity contribution is 5.82. The predicted molar refractivity (Wildman–Crippen MR) is 48.8 cm³/mol. The van der Waals surface area contributed by atoms with Crippen molar-refractivity contribution < 1.29 is 19.4 Å². The molecule has 0 aromatic carbocycles. The zero-order valence-electron chi connectivity index (χ0n) is 8.40. The van der Waals surface area contributed by atoms with Crippen LogP contribution in [0.2, 0.25) is 0 Å². The van der Waals surface area contributed by atoms with Crippen LogP contribution in [0, 0.1) is 0 Å². The number of rotatable bonds is 3. The van der Waals surface area contributed by atoms with Crippen LogP contribution in [-0.4, -0.2) is 47.2 Å². The van der Waals surface area contributed by atoms with E-state index in [1.54, 1.807) is 6.92 Å². The number of carboxylic acid groups (broad SMARTS) is 1. The minimum atomic E-state index is -0.972. The number of aliphatic carboxylic acids is 1. The number of carbonyl (C=O) groups is 2. The van der Waals surface area contributed by atoms with Gasteiger partial charge in [0.1, 0.15) is 12.1 Å². The van der Waals surface area contributed by atoms with Gasteiger partial charge in [-0.2, -0.15) is 0 Å². The molecule has 2 atom stereocenters. The lowest BCUT2D eigenvalue weighted by Gasteiger charge is -2.35. The number of likely N-dealkylation sites (N-methyl/N-ethyl adjacent to an activating group) is 1. The first-order valence-electron chi connectivity index (χ1n) is 4.71. The predicted octanol–water partition coefficient (Wildman–Crippen LogP) is 0.0969. The number of esters is 1. The molecule has 1 fully saturated rings. The van der Waals surface area contributed by atoms with E-state index in [4.69, 9.17) is 9.84 Å². The zero-order valence-corrected chi connectivity index (χ0v) is 8.40. The van der Waals surface area contributed by atoms with Crippen LogP contribution in [0.25, 0.3) is 0 Å². The Morgan fingerprint density at radius 2 is 2.36 bits per heavy atom. The molecule has 1 heterocycles. The van der Waals surface area contributed by atoms with Crippen molar-refractivity contribution in [3.05, 3.63) is 0 Å². The van der Waals surface area contributed by atoms with Crippen molar-refractivity contribution in [3.63, 3.8) is 0 Å². The Morgan fingerprint density at radius 1 is 1.71 bits per heavy atom. The standard InChI is InChI=1S/C9H15NO4/c1-3-10-5-6(2)14-9(13)7(10)4-8(11)12/h6-7H,3-5H2,1-2H3,(H,11,12). The Balaban J connectivity index is 2.68. The summed E-state index contributed by atoms with van der Waals surface area (Å²) in [5.74, 6) is -1.40. The Kier molecular flexibility index (Phi) is 3.46. The molecule has 0 aromatic heterocycles. The number of carboxylic acids is 1. The molecule has 1 saturated heterocycles. The summed E-state index contributed by atoms with van der Waals surface area (Å²) in [5, 5.41) is 8.63. The maximum absolute atomic E-state index is 11.4. The normalized spacial score (nSPS) is 28.6. The quantitative estimate of drug-likeness (QED) is 0.656. The largest absolute Gasteiger partial charge is 0.481 e. The zero-order chi connectivity index (χ0) is 10.7. The second-order valence-corrected chi connectivity index (χ2v) is 3.45. The molecule has 2 unspecified atom stereocenters. The van der Waals surface area contributed by atoms with Crippen molar-refractivity contribution in [3.8, 4) is 0 Å². The van der Waals surface area contributed by atoms with Gasteiger partial charge in [-0.15, -0.1) is 0 Å². The molecule has 0 spiro atoms. The van der Waals surface area contributed by atoms with E-state index in [2.05, 4.69) is 0 Å². The lowest BCUT2D eigenvalue weighted by Crippen LogP contribution is -2.52. The molecule has 5 heteroatoms. The maximum atomic E-state index is 11.4. The number of cyclic esters (lactones) is 1. The third-order valence-electron chi connectivity index (χ3n) is 2.30. The van der Waals surface area contributed by atoms with Gasteiger partial charge in [-0.1, -0.05) is 6.92 Å². The van der Waals surface area contributed by atoms with Crippen molar-refractivity contribution in [1.29, 1.82) is 0 Å². The van der Waals surface area contributed by atoms with Gasteiger partial charge in [0.25, 0.3) is 0 Å². The van der Waals surface area contributed by atoms with Crippen LogP contribution in [0.5, 0.6) is 0 Å². The van der Waals surface area contributed by atoms with Crippen LogP contribution in [0.15, 0.2) is 0 Å². The summed E-state index contributed by atoms with van der Waals surface area (Å²) in [6, 6.07) is -0.617. The fourth-order valence-corrected chi connectivity index (χ4v) is 1.65. The first-order valence-corrected chi connectivity index (χ1v) is 4.71. The van der Waals surface area contributed by atoms with Crippen LogP contribution in [-0.2, 0) is 14.3 Å². The van der Waals surface area contributed by atoms with Gasteiger partial charge >= 0.3 is 11.9 Å². The van der Waals surface area contributed by atoms with E-state index in [1.165, 1.54) is 0 Å². The molecule has 0 bridgehead atoms. The van der Waals surface area contributed by atoms with Gasteiger partial charge in [0.15, 0.2) is 0 Å². The molecule has 5 nitrogen and oxygen atoms in total. The summed E-state index contributed by atoms with van der Waals surface area (Å²) >= 11 is 0. The topological polar surface area (TPSA) is 66.8 Å². The maximum Gasteiger partial charge on any atom is 0.324 e. The van der Waals surface area contributed by atoms with Gasteiger partial charge < -0.3 is 9.84 Å². The molecule has 1 rings (SSSR count). The number of nitrogens with zero attached hydrogens (tertiary/aromatic N) is 1. The summed E-state index contributed by atoms with van der Waals surface area (Å²) in [6.45, 7) is 4.98. The second-order valence-electron chi connectivity index (χ2n) is 3.45. The molecular formula is C9H15NO4. The van der Waals surface area contributed by atoms with Crippen molar-refractivity contribution in [2.45, 2.75) is 32.4 Å². The van der Waals surface area contributed by atoms with Crippen LogP contribution in [0.4, 0.5) is 0 Å². The molecular weight excluding hydrogens is 186 g/mol. The van der Waals surface area contributed by atoms with Crippen LogP contribution < -0.4 is 0 Å². The molecule has 0 saturated carbocycles. The SMILES string of the molecule is CCN1CC(C)OC(=O)C1CC(=O)O. The smallest absolute Gasteiger partial charge is 0.324 e. The van der Waals surface area contributed by atoms with Gasteiger partial charge in [0.2, 0.25) is 0 Å². The lowest BCUT2D eigenvalue weighted by molar-refractivity contribution is -0.168. The highest BCUT2D eigenvalue weighted by atomic mass is 16.5. The van der Waals surface area contributed by atoms with E-state index in [-0.39, 0.29) is 12.5 Å². The van der Waals surface area contributed by atoms with E-state index in [9.17, 15) is 9.59 Å². The summed E-state index contributed by atoms with van der Waals surface area (Å²) in [5.41, 5.74) is 0. The highest BCUT2D eigenvalue weighted by Crippen LogP contribution is 2.15. The first-order chi connectivity index (χ1) is 6.54. The molecule has 0 aromatic rings. The van der Waals surface area contributed by atoms with E-state index in [0.717, 1.165) is 0 Å². The second kappa shape index (κ2) is 4.41. The molecule has 0 amide bonds. The number of ether oxygens (including phenoxy) is 1. The third-order valence-corrected chi connectivity index (χ3v) is 2.30. The molecule has 0 aliphatic carbocycles. The minimum Gasteiger partial charge on any atom is -0.481 e. The summed E-state index contributed by atoms with van der Waals surface area (Å²) in [4.78, 5) is 23.7. The number of morpholine rings is 1. The van der Waals surface area contributed by atoms with E-state index in [0.29, 0.717) is 13.1 Å². The van der Waals surface area contributed by atoms with E-state index in [1.807, 2.05) is 11.8 Å². The summed E-state index contributed by atoms with van der Waals surface area (Å²) in [6.07, 6.45) is -0.327. The number of hydrogen-bond acceptors (Lipinski definition) is 4. The molecule has 1 N–H and O–H groups in total. The van der Waals surface area contributed by atoms with Crippen molar-refractivity contribution >= 4 is 11.9 Å². The Labute approximate surface area is 82.6 Å². The van der Waals surface area contributed by atoms with Crippen LogP contribution in [0.3, 0.4) is 0 Å². The Morgan fingerprint density at radius 3 is 2.86 bits per heavy atom. The van der Waals surface area contributed by atoms with Gasteiger partial charge in [-0.05, 0) is 13.5 Å².